The summed E-state index contributed by atoms with van der Waals surface area (Å²) in [6, 6.07) is 12.4. The highest BCUT2D eigenvalue weighted by Gasteiger charge is 2.31. The fourth-order valence-electron chi connectivity index (χ4n) is 2.92. The highest BCUT2D eigenvalue weighted by atomic mass is 35.5. The second kappa shape index (κ2) is 8.66. The van der Waals surface area contributed by atoms with E-state index in [1.165, 1.54) is 16.4 Å². The van der Waals surface area contributed by atoms with Crippen molar-refractivity contribution in [2.24, 2.45) is 0 Å². The Morgan fingerprint density at radius 1 is 1.00 bits per heavy atom. The van der Waals surface area contributed by atoms with Crippen molar-refractivity contribution in [3.8, 4) is 0 Å². The molecule has 2 aromatic carbocycles. The van der Waals surface area contributed by atoms with Gasteiger partial charge in [0.15, 0.2) is 0 Å². The van der Waals surface area contributed by atoms with E-state index in [1.807, 2.05) is 31.2 Å². The molecule has 0 spiro atoms. The molecule has 1 aliphatic heterocycles. The van der Waals surface area contributed by atoms with Gasteiger partial charge in [0.2, 0.25) is 15.9 Å². The van der Waals surface area contributed by atoms with Gasteiger partial charge in [-0.2, -0.15) is 4.31 Å². The van der Waals surface area contributed by atoms with E-state index in [1.54, 1.807) is 23.1 Å². The number of halogens is 2. The number of hydrogen-bond acceptors (Lipinski definition) is 3. The lowest BCUT2D eigenvalue weighted by molar-refractivity contribution is -0.127. The fourth-order valence-corrected chi connectivity index (χ4v) is 5.08. The molecule has 1 amide bonds. The molecular formula is C20H20Cl2N2O3S. The topological polar surface area (TPSA) is 57.7 Å². The Bertz CT molecular complexity index is 997. The van der Waals surface area contributed by atoms with E-state index >= 15 is 0 Å². The predicted octanol–water partition coefficient (Wildman–Crippen LogP) is 3.85. The molecule has 0 bridgehead atoms. The maximum atomic E-state index is 12.8. The summed E-state index contributed by atoms with van der Waals surface area (Å²) in [5.74, 6) is -0.140. The number of benzene rings is 2. The van der Waals surface area contributed by atoms with Crippen molar-refractivity contribution in [1.29, 1.82) is 0 Å². The standard InChI is InChI=1S/C20H20Cl2N2O3S/c1-15-5-7-16(8-6-15)9-10-19(25)23-11-13-24(14-12-23)28(26,27)18-4-2-3-17(21)20(18)22/h2-10H,11-14H2,1H3/b10-9+. The minimum Gasteiger partial charge on any atom is -0.337 e. The molecule has 0 atom stereocenters. The fraction of sp³-hybridized carbons (Fsp3) is 0.250. The number of piperazine rings is 1. The van der Waals surface area contributed by atoms with Gasteiger partial charge in [0.1, 0.15) is 4.90 Å². The molecule has 0 saturated carbocycles. The summed E-state index contributed by atoms with van der Waals surface area (Å²) in [4.78, 5) is 14.0. The van der Waals surface area contributed by atoms with Gasteiger partial charge in [0.25, 0.3) is 0 Å². The minimum atomic E-state index is -3.76. The zero-order valence-corrected chi connectivity index (χ0v) is 17.6. The first-order valence-corrected chi connectivity index (χ1v) is 11.0. The van der Waals surface area contributed by atoms with Crippen molar-refractivity contribution >= 4 is 45.2 Å². The molecule has 5 nitrogen and oxygen atoms in total. The summed E-state index contributed by atoms with van der Waals surface area (Å²) in [5, 5.41) is 0.210. The Morgan fingerprint density at radius 3 is 2.29 bits per heavy atom. The summed E-state index contributed by atoms with van der Waals surface area (Å²) in [6.45, 7) is 3.04. The molecule has 1 saturated heterocycles. The van der Waals surface area contributed by atoms with E-state index in [2.05, 4.69) is 0 Å². The lowest BCUT2D eigenvalue weighted by atomic mass is 10.1. The molecule has 0 aromatic heterocycles. The van der Waals surface area contributed by atoms with Crippen molar-refractivity contribution in [3.05, 3.63) is 69.7 Å². The maximum Gasteiger partial charge on any atom is 0.246 e. The number of aryl methyl sites for hydroxylation is 1. The van der Waals surface area contributed by atoms with Crippen LogP contribution in [0.25, 0.3) is 6.08 Å². The molecule has 28 heavy (non-hydrogen) atoms. The third kappa shape index (κ3) is 4.58. The second-order valence-corrected chi connectivity index (χ2v) is 9.22. The molecule has 148 valence electrons. The lowest BCUT2D eigenvalue weighted by Crippen LogP contribution is -2.50. The number of rotatable bonds is 4. The molecule has 1 heterocycles. The van der Waals surface area contributed by atoms with Crippen LogP contribution in [-0.4, -0.2) is 49.7 Å². The van der Waals surface area contributed by atoms with Gasteiger partial charge < -0.3 is 4.90 Å². The molecule has 1 aliphatic rings. The van der Waals surface area contributed by atoms with Crippen LogP contribution in [-0.2, 0) is 14.8 Å². The van der Waals surface area contributed by atoms with Gasteiger partial charge >= 0.3 is 0 Å². The average Bonchev–Trinajstić information content (AvgIpc) is 2.69. The summed E-state index contributed by atoms with van der Waals surface area (Å²) in [6.07, 6.45) is 3.28. The van der Waals surface area contributed by atoms with Crippen LogP contribution in [0.3, 0.4) is 0 Å². The minimum absolute atomic E-state index is 0.0132. The van der Waals surface area contributed by atoms with Crippen LogP contribution >= 0.6 is 23.2 Å². The van der Waals surface area contributed by atoms with Crippen molar-refractivity contribution in [2.45, 2.75) is 11.8 Å². The SMILES string of the molecule is Cc1ccc(/C=C/C(=O)N2CCN(S(=O)(=O)c3cccc(Cl)c3Cl)CC2)cc1. The van der Waals surface area contributed by atoms with Crippen molar-refractivity contribution in [3.63, 3.8) is 0 Å². The van der Waals surface area contributed by atoms with Crippen LogP contribution < -0.4 is 0 Å². The third-order valence-electron chi connectivity index (χ3n) is 4.58. The summed E-state index contributed by atoms with van der Waals surface area (Å²) >= 11 is 12.0. The van der Waals surface area contributed by atoms with Gasteiger partial charge in [-0.05, 0) is 30.7 Å². The smallest absolute Gasteiger partial charge is 0.246 e. The number of nitrogens with zero attached hydrogens (tertiary/aromatic N) is 2. The van der Waals surface area contributed by atoms with Crippen LogP contribution in [0.4, 0.5) is 0 Å². The number of carbonyl (C=O) groups is 1. The summed E-state index contributed by atoms with van der Waals surface area (Å²) in [5.41, 5.74) is 2.09. The normalized spacial score (nSPS) is 15.9. The molecule has 8 heteroatoms. The van der Waals surface area contributed by atoms with Crippen LogP contribution in [0.2, 0.25) is 10.0 Å². The number of hydrogen-bond donors (Lipinski definition) is 0. The van der Waals surface area contributed by atoms with Crippen molar-refractivity contribution < 1.29 is 13.2 Å². The van der Waals surface area contributed by atoms with Crippen molar-refractivity contribution in [2.75, 3.05) is 26.2 Å². The zero-order chi connectivity index (χ0) is 20.3. The highest BCUT2D eigenvalue weighted by molar-refractivity contribution is 7.89. The highest BCUT2D eigenvalue weighted by Crippen LogP contribution is 2.31. The van der Waals surface area contributed by atoms with E-state index in [4.69, 9.17) is 23.2 Å². The van der Waals surface area contributed by atoms with Gasteiger partial charge in [-0.25, -0.2) is 8.42 Å². The van der Waals surface area contributed by atoms with E-state index in [-0.39, 0.29) is 33.9 Å². The van der Waals surface area contributed by atoms with Crippen molar-refractivity contribution in [1.82, 2.24) is 9.21 Å². The Morgan fingerprint density at radius 2 is 1.64 bits per heavy atom. The molecule has 0 aliphatic carbocycles. The number of carbonyl (C=O) groups excluding carboxylic acids is 1. The van der Waals surface area contributed by atoms with E-state index < -0.39 is 10.0 Å². The second-order valence-electron chi connectivity index (χ2n) is 6.53. The molecule has 3 rings (SSSR count). The number of sulfonamides is 1. The molecule has 0 N–H and O–H groups in total. The molecule has 0 unspecified atom stereocenters. The van der Waals surface area contributed by atoms with E-state index in [0.717, 1.165) is 11.1 Å². The van der Waals surface area contributed by atoms with Crippen LogP contribution in [0.5, 0.6) is 0 Å². The molecule has 1 fully saturated rings. The third-order valence-corrected chi connectivity index (χ3v) is 7.45. The van der Waals surface area contributed by atoms with Gasteiger partial charge in [-0.1, -0.05) is 59.1 Å². The van der Waals surface area contributed by atoms with Crippen LogP contribution in [0.15, 0.2) is 53.4 Å². The Kier molecular flexibility index (Phi) is 6.45. The summed E-state index contributed by atoms with van der Waals surface area (Å²) in [7, 11) is -3.76. The maximum absolute atomic E-state index is 12.8. The molecular weight excluding hydrogens is 419 g/mol. The lowest BCUT2D eigenvalue weighted by Gasteiger charge is -2.33. The monoisotopic (exact) mass is 438 g/mol. The first-order chi connectivity index (χ1) is 13.3. The first kappa shape index (κ1) is 20.9. The van der Waals surface area contributed by atoms with E-state index in [9.17, 15) is 13.2 Å². The molecule has 2 aromatic rings. The van der Waals surface area contributed by atoms with Gasteiger partial charge in [0.05, 0.1) is 10.0 Å². The quantitative estimate of drug-likeness (QED) is 0.681. The van der Waals surface area contributed by atoms with Gasteiger partial charge in [0, 0.05) is 32.3 Å². The van der Waals surface area contributed by atoms with Gasteiger partial charge in [-0.3, -0.25) is 4.79 Å². The predicted molar refractivity (Wildman–Crippen MR) is 112 cm³/mol. The van der Waals surface area contributed by atoms with Gasteiger partial charge in [-0.15, -0.1) is 0 Å². The molecule has 0 radical (unpaired) electrons. The Hall–Kier alpha value is -1.86. The Balaban J connectivity index is 1.64. The first-order valence-electron chi connectivity index (χ1n) is 8.77. The van der Waals surface area contributed by atoms with Crippen LogP contribution in [0, 0.1) is 6.92 Å². The van der Waals surface area contributed by atoms with E-state index in [0.29, 0.717) is 13.1 Å². The Labute approximate surface area is 175 Å². The summed E-state index contributed by atoms with van der Waals surface area (Å²) < 4.78 is 27.0. The largest absolute Gasteiger partial charge is 0.337 e. The average molecular weight is 439 g/mol. The number of amides is 1. The van der Waals surface area contributed by atoms with Crippen LogP contribution in [0.1, 0.15) is 11.1 Å². The zero-order valence-electron chi connectivity index (χ0n) is 15.3.